The van der Waals surface area contributed by atoms with Crippen molar-refractivity contribution >= 4 is 5.97 Å². The molecule has 0 bridgehead atoms. The van der Waals surface area contributed by atoms with Crippen molar-refractivity contribution in [1.29, 1.82) is 0 Å². The van der Waals surface area contributed by atoms with E-state index in [9.17, 15) is 4.79 Å². The molecule has 0 aliphatic rings. The summed E-state index contributed by atoms with van der Waals surface area (Å²) in [5.41, 5.74) is 0. The molecule has 6 heteroatoms. The van der Waals surface area contributed by atoms with E-state index in [0.29, 0.717) is 0 Å². The zero-order valence-corrected chi connectivity index (χ0v) is 10.3. The van der Waals surface area contributed by atoms with Gasteiger partial charge in [0.25, 0.3) is 0 Å². The molecule has 0 aliphatic heterocycles. The molecule has 0 radical (unpaired) electrons. The Bertz CT molecular complexity index is 136. The van der Waals surface area contributed by atoms with Crippen LogP contribution in [0.4, 0.5) is 0 Å². The van der Waals surface area contributed by atoms with Gasteiger partial charge in [0.05, 0.1) is 31.3 Å². The average Bonchev–Trinajstić information content (AvgIpc) is 2.19. The van der Waals surface area contributed by atoms with Crippen LogP contribution in [0.2, 0.25) is 0 Å². The summed E-state index contributed by atoms with van der Waals surface area (Å²) >= 11 is 0. The lowest BCUT2D eigenvalue weighted by Crippen LogP contribution is -2.03. The molecule has 100 valence electrons. The van der Waals surface area contributed by atoms with Crippen LogP contribution in [-0.4, -0.2) is 56.9 Å². The van der Waals surface area contributed by atoms with Crippen LogP contribution in [-0.2, 0) is 4.79 Å². The molecule has 0 saturated carbocycles. The maximum absolute atomic E-state index is 9.70. The van der Waals surface area contributed by atoms with E-state index < -0.39 is 18.2 Å². The van der Waals surface area contributed by atoms with Crippen molar-refractivity contribution in [3.8, 4) is 0 Å². The summed E-state index contributed by atoms with van der Waals surface area (Å²) in [6.07, 6.45) is -1.12. The second-order valence-corrected chi connectivity index (χ2v) is 3.56. The van der Waals surface area contributed by atoms with Gasteiger partial charge in [0, 0.05) is 0 Å². The van der Waals surface area contributed by atoms with Gasteiger partial charge in [0.15, 0.2) is 0 Å². The van der Waals surface area contributed by atoms with Crippen LogP contribution in [0.25, 0.3) is 0 Å². The molecule has 0 rings (SSSR count). The lowest BCUT2D eigenvalue weighted by molar-refractivity contribution is -0.140. The van der Waals surface area contributed by atoms with Crippen molar-refractivity contribution in [1.82, 2.24) is 0 Å². The summed E-state index contributed by atoms with van der Waals surface area (Å²) < 4.78 is 0. The van der Waals surface area contributed by atoms with Gasteiger partial charge in [-0.2, -0.15) is 0 Å². The molecule has 0 heterocycles. The molecule has 0 fully saturated rings. The fourth-order valence-electron chi connectivity index (χ4n) is 0. The second kappa shape index (κ2) is 14.3. The molecule has 5 N–H and O–H groups in total. The maximum Gasteiger partial charge on any atom is 0.305 e. The van der Waals surface area contributed by atoms with Crippen LogP contribution in [0, 0.1) is 5.92 Å². The first-order valence-electron chi connectivity index (χ1n) is 4.99. The highest BCUT2D eigenvalue weighted by Gasteiger charge is 1.99. The number of carboxylic acids is 1. The van der Waals surface area contributed by atoms with Crippen LogP contribution < -0.4 is 0 Å². The molecular weight excluding hydrogens is 216 g/mol. The summed E-state index contributed by atoms with van der Waals surface area (Å²) in [7, 11) is 0. The molecule has 2 unspecified atom stereocenters. The third-order valence-electron chi connectivity index (χ3n) is 1.02. The lowest BCUT2D eigenvalue weighted by Gasteiger charge is -1.90. The van der Waals surface area contributed by atoms with Crippen molar-refractivity contribution < 1.29 is 30.3 Å². The van der Waals surface area contributed by atoms with Crippen molar-refractivity contribution in [3.63, 3.8) is 0 Å². The largest absolute Gasteiger partial charge is 0.481 e. The Morgan fingerprint density at radius 2 is 1.06 bits per heavy atom. The smallest absolute Gasteiger partial charge is 0.305 e. The summed E-state index contributed by atoms with van der Waals surface area (Å²) in [5, 5.41) is 40.0. The predicted molar refractivity (Wildman–Crippen MR) is 60.0 cm³/mol. The third-order valence-corrected chi connectivity index (χ3v) is 1.02. The number of hydrogen-bond donors (Lipinski definition) is 5. The Labute approximate surface area is 96.2 Å². The predicted octanol–water partition coefficient (Wildman–Crippen LogP) is -0.554. The quantitative estimate of drug-likeness (QED) is 0.451. The molecule has 0 aromatic heterocycles. The Kier molecular flexibility index (Phi) is 18.5. The highest BCUT2D eigenvalue weighted by Crippen LogP contribution is 1.87. The Hall–Kier alpha value is -0.690. The first-order chi connectivity index (χ1) is 7.18. The molecule has 6 nitrogen and oxygen atoms in total. The molecule has 0 spiro atoms. The number of aliphatic hydroxyl groups is 4. The zero-order chi connectivity index (χ0) is 13.7. The van der Waals surface area contributed by atoms with Crippen molar-refractivity contribution in [2.45, 2.75) is 39.9 Å². The SMILES string of the molecule is CC(C)C(=O)O.CC(O)CO.CC(O)CO. The Morgan fingerprint density at radius 1 is 0.938 bits per heavy atom. The number of rotatable bonds is 3. The zero-order valence-electron chi connectivity index (χ0n) is 10.3. The van der Waals surface area contributed by atoms with Crippen LogP contribution in [0.3, 0.4) is 0 Å². The maximum atomic E-state index is 9.70. The number of hydrogen-bond acceptors (Lipinski definition) is 5. The van der Waals surface area contributed by atoms with E-state index in [1.807, 2.05) is 0 Å². The number of carboxylic acid groups (broad SMARTS) is 1. The molecule has 2 atom stereocenters. The van der Waals surface area contributed by atoms with E-state index in [0.717, 1.165) is 0 Å². The van der Waals surface area contributed by atoms with Gasteiger partial charge in [-0.15, -0.1) is 0 Å². The monoisotopic (exact) mass is 240 g/mol. The van der Waals surface area contributed by atoms with Crippen LogP contribution >= 0.6 is 0 Å². The second-order valence-electron chi connectivity index (χ2n) is 3.56. The van der Waals surface area contributed by atoms with Crippen LogP contribution in [0.5, 0.6) is 0 Å². The standard InChI is InChI=1S/C4H8O2.2C3H8O2/c1-3(2)4(5)6;2*1-3(5)2-4/h3H,1-2H3,(H,5,6);2*3-5H,2H2,1H3. The minimum Gasteiger partial charge on any atom is -0.481 e. The fourth-order valence-corrected chi connectivity index (χ4v) is 0. The average molecular weight is 240 g/mol. The molecule has 16 heavy (non-hydrogen) atoms. The van der Waals surface area contributed by atoms with Gasteiger partial charge in [-0.1, -0.05) is 13.8 Å². The fraction of sp³-hybridized carbons (Fsp3) is 0.900. The third kappa shape index (κ3) is 37.7. The van der Waals surface area contributed by atoms with Crippen molar-refractivity contribution in [3.05, 3.63) is 0 Å². The van der Waals surface area contributed by atoms with Crippen molar-refractivity contribution in [2.75, 3.05) is 13.2 Å². The topological polar surface area (TPSA) is 118 Å². The van der Waals surface area contributed by atoms with E-state index >= 15 is 0 Å². The van der Waals surface area contributed by atoms with Gasteiger partial charge in [-0.05, 0) is 13.8 Å². The highest BCUT2D eigenvalue weighted by molar-refractivity contribution is 5.68. The summed E-state index contributed by atoms with van der Waals surface area (Å²) in [4.78, 5) is 9.70. The molecule has 0 aromatic carbocycles. The first kappa shape index (κ1) is 20.7. The van der Waals surface area contributed by atoms with E-state index in [1.54, 1.807) is 13.8 Å². The van der Waals surface area contributed by atoms with Gasteiger partial charge < -0.3 is 25.5 Å². The van der Waals surface area contributed by atoms with Crippen molar-refractivity contribution in [2.24, 2.45) is 5.92 Å². The number of aliphatic hydroxyl groups excluding tert-OH is 4. The van der Waals surface area contributed by atoms with Gasteiger partial charge in [0.1, 0.15) is 0 Å². The normalized spacial score (nSPS) is 12.8. The Balaban J connectivity index is -0.000000160. The molecule has 0 aromatic rings. The van der Waals surface area contributed by atoms with Crippen LogP contribution in [0.15, 0.2) is 0 Å². The lowest BCUT2D eigenvalue weighted by atomic mass is 10.2. The van der Waals surface area contributed by atoms with Crippen LogP contribution in [0.1, 0.15) is 27.7 Å². The molecule has 0 saturated heterocycles. The Morgan fingerprint density at radius 3 is 1.06 bits per heavy atom. The van der Waals surface area contributed by atoms with Gasteiger partial charge in [0.2, 0.25) is 0 Å². The molecular formula is C10H24O6. The van der Waals surface area contributed by atoms with Gasteiger partial charge >= 0.3 is 5.97 Å². The number of aliphatic carboxylic acids is 1. The van der Waals surface area contributed by atoms with E-state index in [1.165, 1.54) is 13.8 Å². The molecule has 0 aliphatic carbocycles. The highest BCUT2D eigenvalue weighted by atomic mass is 16.4. The summed E-state index contributed by atoms with van der Waals surface area (Å²) in [6, 6.07) is 0. The van der Waals surface area contributed by atoms with Gasteiger partial charge in [-0.25, -0.2) is 0 Å². The molecule has 0 amide bonds. The summed E-state index contributed by atoms with van der Waals surface area (Å²) in [5.74, 6) is -0.972. The van der Waals surface area contributed by atoms with E-state index in [-0.39, 0.29) is 19.1 Å². The minimum atomic E-state index is -0.741. The van der Waals surface area contributed by atoms with E-state index in [4.69, 9.17) is 25.5 Å². The number of carbonyl (C=O) groups is 1. The van der Waals surface area contributed by atoms with Gasteiger partial charge in [-0.3, -0.25) is 4.79 Å². The van der Waals surface area contributed by atoms with E-state index in [2.05, 4.69) is 0 Å². The minimum absolute atomic E-state index is 0.139. The summed E-state index contributed by atoms with van der Waals surface area (Å²) in [6.45, 7) is 6.06. The first-order valence-corrected chi connectivity index (χ1v) is 4.99.